The molecular weight excluding hydrogens is 527 g/mol. The number of nitrogens with two attached hydrogens (primary N) is 1. The van der Waals surface area contributed by atoms with Gasteiger partial charge in [-0.25, -0.2) is 8.78 Å². The predicted molar refractivity (Wildman–Crippen MR) is 155 cm³/mol. The van der Waals surface area contributed by atoms with E-state index in [2.05, 4.69) is 21.9 Å². The van der Waals surface area contributed by atoms with E-state index in [-0.39, 0.29) is 54.5 Å². The summed E-state index contributed by atoms with van der Waals surface area (Å²) < 4.78 is 32.7. The molecule has 0 aromatic heterocycles. The second-order valence-electron chi connectivity index (χ2n) is 9.65. The maximum absolute atomic E-state index is 13.5. The van der Waals surface area contributed by atoms with Crippen molar-refractivity contribution in [1.29, 1.82) is 0 Å². The summed E-state index contributed by atoms with van der Waals surface area (Å²) in [5.74, 6) is -0.362. The second-order valence-corrected chi connectivity index (χ2v) is 9.65. The highest BCUT2D eigenvalue weighted by Crippen LogP contribution is 2.30. The van der Waals surface area contributed by atoms with Gasteiger partial charge < -0.3 is 15.4 Å². The number of rotatable bonds is 11. The maximum atomic E-state index is 13.5. The van der Waals surface area contributed by atoms with Crippen LogP contribution in [-0.2, 0) is 4.74 Å². The van der Waals surface area contributed by atoms with E-state index in [1.54, 1.807) is 7.11 Å². The fraction of sp³-hybridized carbons (Fsp3) is 0.400. The Morgan fingerprint density at radius 3 is 1.74 bits per heavy atom. The Hall–Kier alpha value is -2.06. The van der Waals surface area contributed by atoms with Crippen LogP contribution in [0.3, 0.4) is 0 Å². The van der Waals surface area contributed by atoms with Gasteiger partial charge in [-0.05, 0) is 60.3 Å². The summed E-state index contributed by atoms with van der Waals surface area (Å²) in [5.41, 5.74) is 9.72. The minimum Gasteiger partial charge on any atom is -0.378 e. The van der Waals surface area contributed by atoms with Crippen molar-refractivity contribution in [2.24, 2.45) is 5.73 Å². The van der Waals surface area contributed by atoms with Crippen LogP contribution in [0.5, 0.6) is 0 Å². The summed E-state index contributed by atoms with van der Waals surface area (Å²) in [6, 6.07) is 23.4. The highest BCUT2D eigenvalue weighted by atomic mass is 35.5. The van der Waals surface area contributed by atoms with Crippen LogP contribution in [0.2, 0.25) is 0 Å². The zero-order valence-corrected chi connectivity index (χ0v) is 23.5. The van der Waals surface area contributed by atoms with Crippen molar-refractivity contribution in [2.45, 2.75) is 30.9 Å². The van der Waals surface area contributed by atoms with Crippen LogP contribution in [0.15, 0.2) is 78.9 Å². The van der Waals surface area contributed by atoms with Gasteiger partial charge in [-0.1, -0.05) is 54.6 Å². The lowest BCUT2D eigenvalue weighted by Crippen LogP contribution is -2.50. The standard InChI is InChI=1S/C30H37F2N3O.2ClH/c1-36-29(30(33)25-6-3-2-4-7-25)22-35-20-18-34(19-21-35)17-5-8-28(23-9-13-26(31)14-10-23)24-11-15-27(32)16-12-24;;/h2-4,6-7,9-16,28-30H,5,8,17-22,33H2,1H3;2*1H. The SMILES string of the molecule is COC(CN1CCN(CCCC(c2ccc(F)cc2)c2ccc(F)cc2)CC1)C(N)c1ccccc1.Cl.Cl. The van der Waals surface area contributed by atoms with Crippen molar-refractivity contribution < 1.29 is 13.5 Å². The monoisotopic (exact) mass is 565 g/mol. The highest BCUT2D eigenvalue weighted by molar-refractivity contribution is 5.85. The smallest absolute Gasteiger partial charge is 0.123 e. The Balaban J connectivity index is 0.00000253. The molecule has 0 aliphatic carbocycles. The normalized spacial score (nSPS) is 15.9. The topological polar surface area (TPSA) is 41.7 Å². The Labute approximate surface area is 238 Å². The van der Waals surface area contributed by atoms with Crippen LogP contribution in [0.4, 0.5) is 8.78 Å². The van der Waals surface area contributed by atoms with E-state index in [4.69, 9.17) is 10.5 Å². The Kier molecular flexibility index (Phi) is 13.7. The molecule has 1 heterocycles. The fourth-order valence-electron chi connectivity index (χ4n) is 5.11. The van der Waals surface area contributed by atoms with Crippen LogP contribution < -0.4 is 5.73 Å². The zero-order valence-electron chi connectivity index (χ0n) is 21.8. The summed E-state index contributed by atoms with van der Waals surface area (Å²) in [6.45, 7) is 5.81. The summed E-state index contributed by atoms with van der Waals surface area (Å²) in [4.78, 5) is 4.94. The van der Waals surface area contributed by atoms with Gasteiger partial charge in [-0.15, -0.1) is 24.8 Å². The van der Waals surface area contributed by atoms with Gasteiger partial charge in [0.1, 0.15) is 11.6 Å². The average molecular weight is 567 g/mol. The van der Waals surface area contributed by atoms with Crippen molar-refractivity contribution in [2.75, 3.05) is 46.4 Å². The molecule has 1 saturated heterocycles. The number of hydrogen-bond donors (Lipinski definition) is 1. The molecule has 0 spiro atoms. The van der Waals surface area contributed by atoms with Crippen molar-refractivity contribution in [3.63, 3.8) is 0 Å². The number of benzene rings is 3. The van der Waals surface area contributed by atoms with Crippen LogP contribution in [0, 0.1) is 11.6 Å². The lowest BCUT2D eigenvalue weighted by Gasteiger charge is -2.37. The first-order valence-corrected chi connectivity index (χ1v) is 12.8. The summed E-state index contributed by atoms with van der Waals surface area (Å²) in [5, 5.41) is 0. The van der Waals surface area contributed by atoms with E-state index < -0.39 is 0 Å². The molecule has 3 aromatic carbocycles. The molecule has 4 rings (SSSR count). The van der Waals surface area contributed by atoms with E-state index in [1.165, 1.54) is 24.3 Å². The minimum absolute atomic E-state index is 0. The van der Waals surface area contributed by atoms with Crippen LogP contribution in [0.1, 0.15) is 41.5 Å². The lowest BCUT2D eigenvalue weighted by molar-refractivity contribution is 0.0279. The maximum Gasteiger partial charge on any atom is 0.123 e. The van der Waals surface area contributed by atoms with Gasteiger partial charge >= 0.3 is 0 Å². The average Bonchev–Trinajstić information content (AvgIpc) is 2.92. The van der Waals surface area contributed by atoms with Crippen LogP contribution in [-0.4, -0.2) is 62.3 Å². The number of nitrogens with zero attached hydrogens (tertiary/aromatic N) is 2. The van der Waals surface area contributed by atoms with Gasteiger partial charge in [0.15, 0.2) is 0 Å². The first-order valence-electron chi connectivity index (χ1n) is 12.8. The van der Waals surface area contributed by atoms with E-state index in [9.17, 15) is 8.78 Å². The molecule has 1 aliphatic rings. The summed E-state index contributed by atoms with van der Waals surface area (Å²) in [6.07, 6.45) is 1.89. The molecule has 8 heteroatoms. The summed E-state index contributed by atoms with van der Waals surface area (Å²) in [7, 11) is 1.74. The third-order valence-corrected chi connectivity index (χ3v) is 7.30. The highest BCUT2D eigenvalue weighted by Gasteiger charge is 2.25. The number of ether oxygens (including phenoxy) is 1. The number of piperazine rings is 1. The molecule has 4 nitrogen and oxygen atoms in total. The Bertz CT molecular complexity index is 1000. The first-order chi connectivity index (χ1) is 17.5. The lowest BCUT2D eigenvalue weighted by atomic mass is 9.87. The van der Waals surface area contributed by atoms with Gasteiger partial charge in [-0.3, -0.25) is 4.90 Å². The van der Waals surface area contributed by atoms with E-state index >= 15 is 0 Å². The molecule has 2 unspecified atom stereocenters. The van der Waals surface area contributed by atoms with Crippen molar-refractivity contribution in [1.82, 2.24) is 9.80 Å². The number of hydrogen-bond acceptors (Lipinski definition) is 4. The van der Waals surface area contributed by atoms with Crippen LogP contribution in [0.25, 0.3) is 0 Å². The van der Waals surface area contributed by atoms with Crippen molar-refractivity contribution in [3.05, 3.63) is 107 Å². The molecule has 0 radical (unpaired) electrons. The molecular formula is C30H39Cl2F2N3O. The quantitative estimate of drug-likeness (QED) is 0.307. The van der Waals surface area contributed by atoms with Crippen molar-refractivity contribution in [3.8, 4) is 0 Å². The third kappa shape index (κ3) is 9.01. The second kappa shape index (κ2) is 16.1. The number of halogens is 4. The van der Waals surface area contributed by atoms with Gasteiger partial charge in [0, 0.05) is 45.8 Å². The molecule has 2 N–H and O–H groups in total. The van der Waals surface area contributed by atoms with Gasteiger partial charge in [-0.2, -0.15) is 0 Å². The number of methoxy groups -OCH3 is 1. The molecule has 38 heavy (non-hydrogen) atoms. The molecule has 3 aromatic rings. The largest absolute Gasteiger partial charge is 0.378 e. The summed E-state index contributed by atoms with van der Waals surface area (Å²) >= 11 is 0. The van der Waals surface area contributed by atoms with Gasteiger partial charge in [0.25, 0.3) is 0 Å². The molecule has 1 fully saturated rings. The molecule has 0 saturated carbocycles. The molecule has 1 aliphatic heterocycles. The van der Waals surface area contributed by atoms with E-state index in [0.29, 0.717) is 0 Å². The molecule has 208 valence electrons. The van der Waals surface area contributed by atoms with Gasteiger partial charge in [0.2, 0.25) is 0 Å². The fourth-order valence-corrected chi connectivity index (χ4v) is 5.11. The van der Waals surface area contributed by atoms with E-state index in [0.717, 1.165) is 68.8 Å². The van der Waals surface area contributed by atoms with E-state index in [1.807, 2.05) is 42.5 Å². The molecule has 0 bridgehead atoms. The third-order valence-electron chi connectivity index (χ3n) is 7.30. The Morgan fingerprint density at radius 2 is 1.24 bits per heavy atom. The van der Waals surface area contributed by atoms with Crippen LogP contribution >= 0.6 is 24.8 Å². The predicted octanol–water partition coefficient (Wildman–Crippen LogP) is 6.05. The first kappa shape index (κ1) is 32.2. The zero-order chi connectivity index (χ0) is 25.3. The molecule has 2 atom stereocenters. The van der Waals surface area contributed by atoms with Gasteiger partial charge in [0.05, 0.1) is 12.1 Å². The van der Waals surface area contributed by atoms with Crippen molar-refractivity contribution >= 4 is 24.8 Å². The molecule has 0 amide bonds. The minimum atomic E-state index is -0.241. The Morgan fingerprint density at radius 1 is 0.737 bits per heavy atom.